The molecule has 0 aromatic carbocycles. The van der Waals surface area contributed by atoms with E-state index in [1.807, 2.05) is 6.08 Å². The van der Waals surface area contributed by atoms with Crippen LogP contribution in [-0.2, 0) is 23.8 Å². The summed E-state index contributed by atoms with van der Waals surface area (Å²) in [5.74, 6) is -0.202. The number of rotatable bonds is 51. The third kappa shape index (κ3) is 39.9. The lowest BCUT2D eigenvalue weighted by molar-refractivity contribution is -0.302. The second-order valence-corrected chi connectivity index (χ2v) is 20.7. The Labute approximate surface area is 434 Å². The number of esters is 1. The Morgan fingerprint density at radius 3 is 1.42 bits per heavy atom. The van der Waals surface area contributed by atoms with Gasteiger partial charge >= 0.3 is 5.97 Å². The van der Waals surface area contributed by atoms with Crippen molar-refractivity contribution in [1.29, 1.82) is 0 Å². The van der Waals surface area contributed by atoms with Crippen molar-refractivity contribution in [2.24, 2.45) is 0 Å². The molecule has 1 rings (SSSR count). The normalized spacial score (nSPS) is 19.3. The first-order chi connectivity index (χ1) is 34.7. The zero-order valence-electron chi connectivity index (χ0n) is 45.7. The number of allylic oxidation sites excluding steroid dienone is 5. The second-order valence-electron chi connectivity index (χ2n) is 20.7. The highest BCUT2D eigenvalue weighted by atomic mass is 16.7. The molecule has 1 aliphatic heterocycles. The largest absolute Gasteiger partial charge is 0.466 e. The van der Waals surface area contributed by atoms with Gasteiger partial charge in [0.05, 0.1) is 32.0 Å². The molecule has 1 fully saturated rings. The zero-order valence-corrected chi connectivity index (χ0v) is 45.7. The van der Waals surface area contributed by atoms with Gasteiger partial charge in [-0.25, -0.2) is 0 Å². The van der Waals surface area contributed by atoms with E-state index >= 15 is 0 Å². The molecule has 416 valence electrons. The summed E-state index contributed by atoms with van der Waals surface area (Å²) in [6, 6.07) is -0.830. The third-order valence-electron chi connectivity index (χ3n) is 14.0. The van der Waals surface area contributed by atoms with E-state index in [0.29, 0.717) is 19.4 Å². The molecule has 11 nitrogen and oxygen atoms in total. The van der Waals surface area contributed by atoms with Crippen molar-refractivity contribution in [3.63, 3.8) is 0 Å². The molecule has 1 aliphatic rings. The number of unbranched alkanes of at least 4 members (excludes halogenated alkanes) is 33. The number of nitrogens with one attached hydrogen (secondary N) is 1. The molecule has 6 N–H and O–H groups in total. The summed E-state index contributed by atoms with van der Waals surface area (Å²) in [6.45, 7) is 4.27. The molecule has 1 saturated heterocycles. The van der Waals surface area contributed by atoms with Crippen LogP contribution in [0.3, 0.4) is 0 Å². The molecule has 0 spiro atoms. The molecule has 0 radical (unpaired) electrons. The standard InChI is InChI=1S/C60H111NO10/c1-3-5-7-9-11-13-27-32-36-40-44-48-56(65)69-49-45-41-37-33-29-26-24-22-20-18-16-14-15-17-19-21-23-25-28-31-35-39-43-47-55(64)61-52(53(63)46-42-38-34-30-12-10-8-6-4-2)51-70-60-59(68)58(67)57(66)54(50-62)71-60/h12,17,19,30,42,46,52-54,57-60,62-63,66-68H,3-11,13-16,18,20-29,31-41,43-45,47-51H2,1-2H3,(H,61,64)/b19-17-,30-12+,46-42+. The SMILES string of the molecule is CCCCC/C=C/CC/C=C/C(O)C(COC1OC(CO)C(O)C(O)C1O)NC(=O)CCCCCCCCC/C=C\CCCCCCCCCCCCCCOC(=O)CCCCCCCCCCCCC. The van der Waals surface area contributed by atoms with Gasteiger partial charge in [0.1, 0.15) is 24.4 Å². The Kier molecular flexibility index (Phi) is 47.2. The molecule has 71 heavy (non-hydrogen) atoms. The number of hydrogen-bond acceptors (Lipinski definition) is 10. The number of aliphatic hydroxyl groups is 5. The topological polar surface area (TPSA) is 175 Å². The number of carbonyl (C=O) groups excluding carboxylic acids is 2. The van der Waals surface area contributed by atoms with Gasteiger partial charge in [0.25, 0.3) is 0 Å². The molecule has 0 aromatic rings. The van der Waals surface area contributed by atoms with E-state index in [2.05, 4.69) is 43.5 Å². The number of hydrogen-bond donors (Lipinski definition) is 6. The van der Waals surface area contributed by atoms with Crippen molar-refractivity contribution in [1.82, 2.24) is 5.32 Å². The van der Waals surface area contributed by atoms with Gasteiger partial charge in [-0.2, -0.15) is 0 Å². The van der Waals surface area contributed by atoms with E-state index < -0.39 is 49.5 Å². The van der Waals surface area contributed by atoms with Crippen LogP contribution in [0.2, 0.25) is 0 Å². The molecule has 7 atom stereocenters. The summed E-state index contributed by atoms with van der Waals surface area (Å²) in [5, 5.41) is 54.1. The van der Waals surface area contributed by atoms with Gasteiger partial charge in [-0.05, 0) is 70.6 Å². The van der Waals surface area contributed by atoms with Crippen molar-refractivity contribution < 1.29 is 49.3 Å². The minimum Gasteiger partial charge on any atom is -0.466 e. The molecular weight excluding hydrogens is 895 g/mol. The Bertz CT molecular complexity index is 1280. The average molecular weight is 1010 g/mol. The molecule has 11 heteroatoms. The van der Waals surface area contributed by atoms with E-state index in [0.717, 1.165) is 70.6 Å². The first-order valence-electron chi connectivity index (χ1n) is 29.8. The third-order valence-corrected chi connectivity index (χ3v) is 14.0. The summed E-state index contributed by atoms with van der Waals surface area (Å²) in [6.07, 6.45) is 51.2. The maximum Gasteiger partial charge on any atom is 0.305 e. The second kappa shape index (κ2) is 50.1. The lowest BCUT2D eigenvalue weighted by atomic mass is 9.99. The molecule has 0 bridgehead atoms. The zero-order chi connectivity index (χ0) is 51.7. The number of ether oxygens (including phenoxy) is 3. The average Bonchev–Trinajstić information content (AvgIpc) is 3.37. The fourth-order valence-corrected chi connectivity index (χ4v) is 9.21. The van der Waals surface area contributed by atoms with Gasteiger partial charge in [0, 0.05) is 12.8 Å². The molecular formula is C60H111NO10. The summed E-state index contributed by atoms with van der Waals surface area (Å²) in [5.41, 5.74) is 0. The monoisotopic (exact) mass is 1010 g/mol. The van der Waals surface area contributed by atoms with Gasteiger partial charge in [-0.3, -0.25) is 9.59 Å². The summed E-state index contributed by atoms with van der Waals surface area (Å²) < 4.78 is 16.6. The first-order valence-corrected chi connectivity index (χ1v) is 29.8. The highest BCUT2D eigenvalue weighted by Gasteiger charge is 2.44. The van der Waals surface area contributed by atoms with Crippen LogP contribution in [-0.4, -0.2) is 100 Å². The van der Waals surface area contributed by atoms with E-state index in [1.165, 1.54) is 173 Å². The first kappa shape index (κ1) is 66.9. The Morgan fingerprint density at radius 2 is 0.915 bits per heavy atom. The predicted octanol–water partition coefficient (Wildman–Crippen LogP) is 13.5. The fourth-order valence-electron chi connectivity index (χ4n) is 9.21. The Morgan fingerprint density at radius 1 is 0.507 bits per heavy atom. The van der Waals surface area contributed by atoms with Crippen molar-refractivity contribution >= 4 is 11.9 Å². The molecule has 7 unspecified atom stereocenters. The van der Waals surface area contributed by atoms with Crippen LogP contribution in [0.15, 0.2) is 36.5 Å². The van der Waals surface area contributed by atoms with Crippen LogP contribution in [0.4, 0.5) is 0 Å². The van der Waals surface area contributed by atoms with Crippen molar-refractivity contribution in [2.75, 3.05) is 19.8 Å². The Balaban J connectivity index is 2.02. The molecule has 0 aliphatic carbocycles. The highest BCUT2D eigenvalue weighted by molar-refractivity contribution is 5.76. The quantitative estimate of drug-likeness (QED) is 0.0195. The number of carbonyl (C=O) groups is 2. The van der Waals surface area contributed by atoms with E-state index in [1.54, 1.807) is 6.08 Å². The van der Waals surface area contributed by atoms with Gasteiger partial charge < -0.3 is 45.1 Å². The number of aliphatic hydroxyl groups excluding tert-OH is 5. The minimum absolute atomic E-state index is 0.00141. The Hall–Kier alpha value is -2.12. The van der Waals surface area contributed by atoms with Gasteiger partial charge in [-0.15, -0.1) is 0 Å². The van der Waals surface area contributed by atoms with Gasteiger partial charge in [0.2, 0.25) is 5.91 Å². The molecule has 1 amide bonds. The molecule has 0 aromatic heterocycles. The van der Waals surface area contributed by atoms with Crippen molar-refractivity contribution in [3.05, 3.63) is 36.5 Å². The smallest absolute Gasteiger partial charge is 0.305 e. The van der Waals surface area contributed by atoms with E-state index in [-0.39, 0.29) is 18.5 Å². The molecule has 1 heterocycles. The van der Waals surface area contributed by atoms with Crippen molar-refractivity contribution in [2.45, 2.75) is 314 Å². The summed E-state index contributed by atoms with van der Waals surface area (Å²) in [4.78, 5) is 25.0. The lowest BCUT2D eigenvalue weighted by Crippen LogP contribution is -2.60. The van der Waals surface area contributed by atoms with Crippen molar-refractivity contribution in [3.8, 4) is 0 Å². The predicted molar refractivity (Wildman–Crippen MR) is 292 cm³/mol. The van der Waals surface area contributed by atoms with Crippen LogP contribution < -0.4 is 5.32 Å². The van der Waals surface area contributed by atoms with Crippen LogP contribution in [0.25, 0.3) is 0 Å². The van der Waals surface area contributed by atoms with Crippen LogP contribution in [0.5, 0.6) is 0 Å². The fraction of sp³-hybridized carbons (Fsp3) is 0.867. The number of amides is 1. The van der Waals surface area contributed by atoms with E-state index in [4.69, 9.17) is 14.2 Å². The summed E-state index contributed by atoms with van der Waals surface area (Å²) in [7, 11) is 0. The van der Waals surface area contributed by atoms with E-state index in [9.17, 15) is 35.1 Å². The summed E-state index contributed by atoms with van der Waals surface area (Å²) >= 11 is 0. The maximum atomic E-state index is 13.0. The van der Waals surface area contributed by atoms with Crippen LogP contribution >= 0.6 is 0 Å². The van der Waals surface area contributed by atoms with Gasteiger partial charge in [-0.1, -0.05) is 224 Å². The van der Waals surface area contributed by atoms with Crippen LogP contribution in [0, 0.1) is 0 Å². The molecule has 0 saturated carbocycles. The highest BCUT2D eigenvalue weighted by Crippen LogP contribution is 2.23. The lowest BCUT2D eigenvalue weighted by Gasteiger charge is -2.40. The minimum atomic E-state index is -1.58. The van der Waals surface area contributed by atoms with Gasteiger partial charge in [0.15, 0.2) is 6.29 Å². The maximum absolute atomic E-state index is 13.0. The van der Waals surface area contributed by atoms with Crippen LogP contribution in [0.1, 0.15) is 271 Å².